The van der Waals surface area contributed by atoms with Crippen LogP contribution in [-0.4, -0.2) is 43.6 Å². The Balaban J connectivity index is 1.65. The van der Waals surface area contributed by atoms with Crippen molar-refractivity contribution in [3.63, 3.8) is 0 Å². The fourth-order valence-corrected chi connectivity index (χ4v) is 5.98. The van der Waals surface area contributed by atoms with Gasteiger partial charge < -0.3 is 4.74 Å². The van der Waals surface area contributed by atoms with Gasteiger partial charge in [-0.15, -0.1) is 0 Å². The summed E-state index contributed by atoms with van der Waals surface area (Å²) in [7, 11) is -3.23. The number of hydrogen-bond donors (Lipinski definition) is 0. The summed E-state index contributed by atoms with van der Waals surface area (Å²) in [4.78, 5) is 12.1. The fraction of sp³-hybridized carbons (Fsp3) is 0.933. The van der Waals surface area contributed by atoms with Gasteiger partial charge in [-0.25, -0.2) is 8.42 Å². The molecule has 0 aromatic carbocycles. The zero-order valence-corrected chi connectivity index (χ0v) is 13.9. The summed E-state index contributed by atoms with van der Waals surface area (Å²) in [6, 6.07) is 0. The summed E-state index contributed by atoms with van der Waals surface area (Å²) in [5.41, 5.74) is 0.217. The lowest BCUT2D eigenvalue weighted by atomic mass is 9.70. The first kappa shape index (κ1) is 15.3. The van der Waals surface area contributed by atoms with Crippen LogP contribution in [0.15, 0.2) is 0 Å². The average molecular weight is 315 g/mol. The molecule has 3 fully saturated rings. The molecule has 1 saturated heterocycles. The predicted octanol–water partition coefficient (Wildman–Crippen LogP) is 1.78. The van der Waals surface area contributed by atoms with Gasteiger partial charge in [0.1, 0.15) is 12.6 Å². The zero-order valence-electron chi connectivity index (χ0n) is 13.1. The van der Waals surface area contributed by atoms with Gasteiger partial charge in [-0.1, -0.05) is 20.8 Å². The Bertz CT molecular complexity index is 556. The Morgan fingerprint density at radius 1 is 1.33 bits per heavy atom. The minimum Gasteiger partial charge on any atom is -0.461 e. The maximum Gasteiger partial charge on any atom is 0.321 e. The first-order valence-corrected chi connectivity index (χ1v) is 9.45. The molecule has 1 aliphatic heterocycles. The molecule has 3 unspecified atom stereocenters. The Hall–Kier alpha value is -0.620. The Morgan fingerprint density at radius 3 is 2.52 bits per heavy atom. The van der Waals surface area contributed by atoms with Crippen molar-refractivity contribution >= 4 is 16.0 Å². The Kier molecular flexibility index (Phi) is 3.41. The van der Waals surface area contributed by atoms with Crippen molar-refractivity contribution in [3.05, 3.63) is 0 Å². The highest BCUT2D eigenvalue weighted by Gasteiger charge is 2.62. The average Bonchev–Trinajstić information content (AvgIpc) is 2.87. The van der Waals surface area contributed by atoms with Gasteiger partial charge in [0.05, 0.1) is 5.75 Å². The van der Waals surface area contributed by atoms with Crippen molar-refractivity contribution in [1.29, 1.82) is 0 Å². The molecule has 2 bridgehead atoms. The molecule has 0 amide bonds. The molecule has 0 N–H and O–H groups in total. The van der Waals surface area contributed by atoms with Crippen LogP contribution in [-0.2, 0) is 19.6 Å². The lowest BCUT2D eigenvalue weighted by Crippen LogP contribution is -2.41. The third-order valence-corrected chi connectivity index (χ3v) is 8.40. The third-order valence-electron chi connectivity index (χ3n) is 6.50. The zero-order chi connectivity index (χ0) is 15.5. The number of ether oxygens (including phenoxy) is 1. The third kappa shape index (κ3) is 2.22. The van der Waals surface area contributed by atoms with Gasteiger partial charge in [0.2, 0.25) is 10.0 Å². The summed E-state index contributed by atoms with van der Waals surface area (Å²) in [5.74, 6) is 0.363. The summed E-state index contributed by atoms with van der Waals surface area (Å²) < 4.78 is 30.4. The molecule has 0 radical (unpaired) electrons. The van der Waals surface area contributed by atoms with Crippen LogP contribution in [0, 0.1) is 16.7 Å². The molecule has 0 spiro atoms. The first-order chi connectivity index (χ1) is 9.67. The van der Waals surface area contributed by atoms with Gasteiger partial charge in [-0.05, 0) is 37.0 Å². The molecule has 0 aromatic heterocycles. The molecule has 2 aliphatic carbocycles. The predicted molar refractivity (Wildman–Crippen MR) is 79.1 cm³/mol. The molecule has 3 rings (SSSR count). The van der Waals surface area contributed by atoms with E-state index in [1.54, 1.807) is 0 Å². The van der Waals surface area contributed by atoms with Crippen molar-refractivity contribution in [1.82, 2.24) is 4.31 Å². The lowest BCUT2D eigenvalue weighted by Gasteiger charge is -2.38. The maximum absolute atomic E-state index is 12.1. The standard InChI is InChI=1S/C15H25NO4S/c1-14(2)11-5-6-15(14,3)12(9-11)20-13(17)10-16-7-4-8-21(16,18)19/h11-12H,4-10H2,1-3H3. The van der Waals surface area contributed by atoms with Crippen LogP contribution >= 0.6 is 0 Å². The summed E-state index contributed by atoms with van der Waals surface area (Å²) >= 11 is 0. The van der Waals surface area contributed by atoms with E-state index in [0.29, 0.717) is 18.9 Å². The van der Waals surface area contributed by atoms with E-state index in [9.17, 15) is 13.2 Å². The number of hydrogen-bond acceptors (Lipinski definition) is 4. The minimum absolute atomic E-state index is 0.0250. The van der Waals surface area contributed by atoms with E-state index in [4.69, 9.17) is 4.74 Å². The molecular formula is C15H25NO4S. The lowest BCUT2D eigenvalue weighted by molar-refractivity contribution is -0.156. The monoisotopic (exact) mass is 315 g/mol. The molecule has 6 heteroatoms. The summed E-state index contributed by atoms with van der Waals surface area (Å²) in [6.45, 7) is 7.06. The van der Waals surface area contributed by atoms with Gasteiger partial charge in [-0.3, -0.25) is 4.79 Å². The van der Waals surface area contributed by atoms with E-state index in [-0.39, 0.29) is 29.2 Å². The van der Waals surface area contributed by atoms with Crippen LogP contribution in [0.25, 0.3) is 0 Å². The molecule has 1 heterocycles. The topological polar surface area (TPSA) is 63.7 Å². The number of sulfonamides is 1. The maximum atomic E-state index is 12.1. The molecule has 5 nitrogen and oxygen atoms in total. The van der Waals surface area contributed by atoms with E-state index in [1.807, 2.05) is 0 Å². The normalized spacial score (nSPS) is 40.5. The van der Waals surface area contributed by atoms with Crippen molar-refractivity contribution in [3.8, 4) is 0 Å². The van der Waals surface area contributed by atoms with Crippen LogP contribution < -0.4 is 0 Å². The molecule has 2 saturated carbocycles. The van der Waals surface area contributed by atoms with Gasteiger partial charge in [-0.2, -0.15) is 4.31 Å². The summed E-state index contributed by atoms with van der Waals surface area (Å²) in [6.07, 6.45) is 3.75. The molecule has 3 atom stereocenters. The summed E-state index contributed by atoms with van der Waals surface area (Å²) in [5, 5.41) is 0. The van der Waals surface area contributed by atoms with Crippen LogP contribution in [0.1, 0.15) is 46.5 Å². The molecule has 21 heavy (non-hydrogen) atoms. The van der Waals surface area contributed by atoms with Gasteiger partial charge in [0.25, 0.3) is 0 Å². The van der Waals surface area contributed by atoms with Crippen LogP contribution in [0.2, 0.25) is 0 Å². The molecule has 3 aliphatic rings. The minimum atomic E-state index is -3.23. The quantitative estimate of drug-likeness (QED) is 0.745. The number of nitrogens with zero attached hydrogens (tertiary/aromatic N) is 1. The molecule has 0 aromatic rings. The number of carbonyl (C=O) groups is 1. The number of fused-ring (bicyclic) bond motifs is 2. The van der Waals surface area contributed by atoms with E-state index >= 15 is 0 Å². The molecular weight excluding hydrogens is 290 g/mol. The van der Waals surface area contributed by atoms with E-state index in [1.165, 1.54) is 10.7 Å². The van der Waals surface area contributed by atoms with Gasteiger partial charge in [0.15, 0.2) is 0 Å². The van der Waals surface area contributed by atoms with Crippen molar-refractivity contribution in [2.24, 2.45) is 16.7 Å². The second-order valence-corrected chi connectivity index (χ2v) is 9.68. The van der Waals surface area contributed by atoms with Crippen LogP contribution in [0.4, 0.5) is 0 Å². The smallest absolute Gasteiger partial charge is 0.321 e. The first-order valence-electron chi connectivity index (χ1n) is 7.84. The molecule has 120 valence electrons. The van der Waals surface area contributed by atoms with Crippen molar-refractivity contribution < 1.29 is 17.9 Å². The number of rotatable bonds is 3. The highest BCUT2D eigenvalue weighted by molar-refractivity contribution is 7.89. The van der Waals surface area contributed by atoms with E-state index in [2.05, 4.69) is 20.8 Å². The number of carbonyl (C=O) groups excluding carboxylic acids is 1. The van der Waals surface area contributed by atoms with Crippen LogP contribution in [0.5, 0.6) is 0 Å². The SMILES string of the molecule is CC1(C)C2CCC1(C)C(OC(=O)CN1CCCS1(=O)=O)C2. The van der Waals surface area contributed by atoms with Crippen molar-refractivity contribution in [2.45, 2.75) is 52.6 Å². The second kappa shape index (κ2) is 4.69. The van der Waals surface area contributed by atoms with E-state index in [0.717, 1.165) is 12.8 Å². The highest BCUT2D eigenvalue weighted by atomic mass is 32.2. The van der Waals surface area contributed by atoms with Gasteiger partial charge in [0, 0.05) is 12.0 Å². The van der Waals surface area contributed by atoms with Crippen molar-refractivity contribution in [2.75, 3.05) is 18.8 Å². The second-order valence-electron chi connectivity index (χ2n) is 7.59. The Morgan fingerprint density at radius 2 is 2.05 bits per heavy atom. The van der Waals surface area contributed by atoms with Gasteiger partial charge >= 0.3 is 5.97 Å². The largest absolute Gasteiger partial charge is 0.461 e. The Labute approximate surface area is 127 Å². The van der Waals surface area contributed by atoms with E-state index < -0.39 is 16.0 Å². The van der Waals surface area contributed by atoms with Crippen LogP contribution in [0.3, 0.4) is 0 Å². The number of esters is 1. The highest BCUT2D eigenvalue weighted by Crippen LogP contribution is 2.66. The fourth-order valence-electron chi connectivity index (χ4n) is 4.52.